The van der Waals surface area contributed by atoms with Gasteiger partial charge in [0, 0.05) is 31.0 Å². The molecule has 8 nitrogen and oxygen atoms in total. The number of hydrogen-bond acceptors (Lipinski definition) is 7. The second-order valence-electron chi connectivity index (χ2n) is 10.2. The Balaban J connectivity index is 0.00000165. The Morgan fingerprint density at radius 1 is 1.12 bits per heavy atom. The largest absolute Gasteiger partial charge is 0.486 e. The van der Waals surface area contributed by atoms with Crippen LogP contribution in [-0.2, 0) is 9.53 Å². The highest BCUT2D eigenvalue weighted by Gasteiger charge is 2.43. The van der Waals surface area contributed by atoms with E-state index in [9.17, 15) is 13.6 Å². The molecular formula is C30H33ClF2N4O4. The Bertz CT molecular complexity index is 1420. The monoisotopic (exact) mass is 586 g/mol. The van der Waals surface area contributed by atoms with Gasteiger partial charge in [0.15, 0.2) is 17.3 Å². The van der Waals surface area contributed by atoms with Crippen LogP contribution in [0.2, 0.25) is 5.02 Å². The zero-order chi connectivity index (χ0) is 29.1. The minimum atomic E-state index is -0.914. The zero-order valence-corrected chi connectivity index (χ0v) is 23.8. The van der Waals surface area contributed by atoms with Crippen LogP contribution in [0.5, 0.6) is 11.5 Å². The highest BCUT2D eigenvalue weighted by Crippen LogP contribution is 2.43. The van der Waals surface area contributed by atoms with Crippen molar-refractivity contribution in [2.24, 2.45) is 11.8 Å². The third-order valence-electron chi connectivity index (χ3n) is 7.66. The van der Waals surface area contributed by atoms with Crippen molar-refractivity contribution in [1.82, 2.24) is 14.9 Å². The summed E-state index contributed by atoms with van der Waals surface area (Å²) in [6.45, 7) is 10.1. The van der Waals surface area contributed by atoms with E-state index in [0.717, 1.165) is 25.3 Å². The van der Waals surface area contributed by atoms with Gasteiger partial charge >= 0.3 is 0 Å². The summed E-state index contributed by atoms with van der Waals surface area (Å²) >= 11 is 5.77. The molecule has 2 saturated heterocycles. The maximum absolute atomic E-state index is 14.6. The SMILES string of the molecule is C=CC(=O)N1CC2CC(Oc3cc4c(Nc5ccc(F)c(Cl)c5F)ncnc4cc3OC3CCOC3)CC2C1.CC. The number of ether oxygens (including phenoxy) is 3. The maximum atomic E-state index is 14.6. The van der Waals surface area contributed by atoms with E-state index in [-0.39, 0.29) is 23.8 Å². The fourth-order valence-electron chi connectivity index (χ4n) is 5.71. The molecule has 41 heavy (non-hydrogen) atoms. The molecule has 2 aromatic carbocycles. The first-order chi connectivity index (χ1) is 19.9. The van der Waals surface area contributed by atoms with Crippen molar-refractivity contribution < 1.29 is 27.8 Å². The van der Waals surface area contributed by atoms with Gasteiger partial charge in [0.05, 0.1) is 30.5 Å². The van der Waals surface area contributed by atoms with Crippen molar-refractivity contribution in [2.75, 3.05) is 31.6 Å². The third kappa shape index (κ3) is 6.08. The third-order valence-corrected chi connectivity index (χ3v) is 8.00. The van der Waals surface area contributed by atoms with Crippen molar-refractivity contribution in [3.63, 3.8) is 0 Å². The Kier molecular flexibility index (Phi) is 8.89. The topological polar surface area (TPSA) is 85.8 Å². The van der Waals surface area contributed by atoms with Crippen LogP contribution in [0.3, 0.4) is 0 Å². The number of halogens is 3. The van der Waals surface area contributed by atoms with E-state index in [4.69, 9.17) is 25.8 Å². The lowest BCUT2D eigenvalue weighted by Crippen LogP contribution is -2.29. The molecule has 3 aliphatic rings. The highest BCUT2D eigenvalue weighted by atomic mass is 35.5. The summed E-state index contributed by atoms with van der Waals surface area (Å²) in [6, 6.07) is 5.91. The quantitative estimate of drug-likeness (QED) is 0.257. The van der Waals surface area contributed by atoms with Gasteiger partial charge in [0.1, 0.15) is 29.1 Å². The van der Waals surface area contributed by atoms with Crippen molar-refractivity contribution in [3.05, 3.63) is 59.9 Å². The van der Waals surface area contributed by atoms with Gasteiger partial charge in [-0.3, -0.25) is 4.79 Å². The smallest absolute Gasteiger partial charge is 0.245 e. The fourth-order valence-corrected chi connectivity index (χ4v) is 5.88. The van der Waals surface area contributed by atoms with Gasteiger partial charge in [-0.25, -0.2) is 18.7 Å². The molecule has 0 bridgehead atoms. The van der Waals surface area contributed by atoms with Crippen molar-refractivity contribution in [3.8, 4) is 11.5 Å². The van der Waals surface area contributed by atoms with Crippen molar-refractivity contribution in [2.45, 2.75) is 45.3 Å². The molecule has 3 fully saturated rings. The highest BCUT2D eigenvalue weighted by molar-refractivity contribution is 6.31. The normalized spacial score (nSPS) is 23.1. The molecule has 3 atom stereocenters. The standard InChI is InChI=1S/C28H27ClF2N4O4.C2H6/c1-2-25(36)35-11-15-7-18(8-16(15)12-35)39-23-9-19-22(10-24(23)38-17-5-6-37-13-17)32-14-33-28(19)34-21-4-3-20(30)26(29)27(21)31;1-2/h2-4,9-10,14-18H,1,5-8,11-13H2,(H,32,33,34);1-2H3. The second-order valence-corrected chi connectivity index (χ2v) is 10.5. The molecule has 1 aromatic heterocycles. The molecule has 1 aliphatic carbocycles. The van der Waals surface area contributed by atoms with Gasteiger partial charge in [0.2, 0.25) is 5.91 Å². The average molecular weight is 587 g/mol. The molecule has 218 valence electrons. The lowest BCUT2D eigenvalue weighted by atomic mass is 10.0. The van der Waals surface area contributed by atoms with E-state index in [1.807, 2.05) is 18.7 Å². The van der Waals surface area contributed by atoms with E-state index in [1.54, 1.807) is 12.1 Å². The van der Waals surface area contributed by atoms with Crippen LogP contribution in [0.1, 0.15) is 33.1 Å². The fraction of sp³-hybridized carbons (Fsp3) is 0.433. The van der Waals surface area contributed by atoms with Gasteiger partial charge in [-0.2, -0.15) is 0 Å². The molecule has 6 rings (SSSR count). The molecular weight excluding hydrogens is 554 g/mol. The van der Waals surface area contributed by atoms with Crippen molar-refractivity contribution in [1.29, 1.82) is 0 Å². The molecule has 0 spiro atoms. The van der Waals surface area contributed by atoms with E-state index >= 15 is 0 Å². The summed E-state index contributed by atoms with van der Waals surface area (Å²) in [5.74, 6) is 0.292. The van der Waals surface area contributed by atoms with Gasteiger partial charge < -0.3 is 24.4 Å². The molecule has 1 N–H and O–H groups in total. The predicted octanol–water partition coefficient (Wildman–Crippen LogP) is 6.30. The summed E-state index contributed by atoms with van der Waals surface area (Å²) in [5.41, 5.74) is 0.541. The molecule has 2 aliphatic heterocycles. The van der Waals surface area contributed by atoms with Crippen molar-refractivity contribution >= 4 is 39.9 Å². The molecule has 3 unspecified atom stereocenters. The van der Waals surface area contributed by atoms with Gasteiger partial charge in [0.25, 0.3) is 0 Å². The molecule has 3 heterocycles. The molecule has 3 aromatic rings. The minimum Gasteiger partial charge on any atom is -0.486 e. The number of fused-ring (bicyclic) bond motifs is 2. The van der Waals surface area contributed by atoms with E-state index in [2.05, 4.69) is 21.9 Å². The maximum Gasteiger partial charge on any atom is 0.245 e. The first kappa shape index (κ1) is 29.0. The summed E-state index contributed by atoms with van der Waals surface area (Å²) in [5, 5.41) is 2.88. The lowest BCUT2D eigenvalue weighted by molar-refractivity contribution is -0.125. The summed E-state index contributed by atoms with van der Waals surface area (Å²) < 4.78 is 46.6. The van der Waals surface area contributed by atoms with Crippen LogP contribution in [0.4, 0.5) is 20.3 Å². The number of hydrogen-bond donors (Lipinski definition) is 1. The van der Waals surface area contributed by atoms with Crippen LogP contribution >= 0.6 is 11.6 Å². The van der Waals surface area contributed by atoms with Gasteiger partial charge in [-0.15, -0.1) is 0 Å². The number of carbonyl (C=O) groups excluding carboxylic acids is 1. The van der Waals surface area contributed by atoms with E-state index in [1.165, 1.54) is 18.5 Å². The Morgan fingerprint density at radius 3 is 2.51 bits per heavy atom. The number of aromatic nitrogens is 2. The minimum absolute atomic E-state index is 0.0189. The Morgan fingerprint density at radius 2 is 1.83 bits per heavy atom. The second kappa shape index (κ2) is 12.6. The zero-order valence-electron chi connectivity index (χ0n) is 23.0. The van der Waals surface area contributed by atoms with Crippen LogP contribution < -0.4 is 14.8 Å². The average Bonchev–Trinajstić information content (AvgIpc) is 3.72. The van der Waals surface area contributed by atoms with E-state index in [0.29, 0.717) is 66.4 Å². The number of amides is 1. The van der Waals surface area contributed by atoms with Crippen LogP contribution in [-0.4, -0.2) is 59.3 Å². The Hall–Kier alpha value is -3.50. The number of benzene rings is 2. The summed E-state index contributed by atoms with van der Waals surface area (Å²) in [6.07, 6.45) is 4.93. The number of nitrogens with zero attached hydrogens (tertiary/aromatic N) is 3. The van der Waals surface area contributed by atoms with Gasteiger partial charge in [-0.1, -0.05) is 32.0 Å². The van der Waals surface area contributed by atoms with Crippen LogP contribution in [0.15, 0.2) is 43.2 Å². The number of rotatable bonds is 7. The molecule has 1 amide bonds. The number of likely N-dealkylation sites (tertiary alicyclic amines) is 1. The first-order valence-corrected chi connectivity index (χ1v) is 14.3. The van der Waals surface area contributed by atoms with Crippen LogP contribution in [0.25, 0.3) is 10.9 Å². The van der Waals surface area contributed by atoms with Crippen LogP contribution in [0, 0.1) is 23.5 Å². The molecule has 0 radical (unpaired) electrons. The molecule has 11 heteroatoms. The number of anilines is 2. The lowest BCUT2D eigenvalue weighted by Gasteiger charge is -2.22. The Labute approximate surface area is 242 Å². The van der Waals surface area contributed by atoms with Gasteiger partial charge in [-0.05, 0) is 49.0 Å². The summed E-state index contributed by atoms with van der Waals surface area (Å²) in [7, 11) is 0. The first-order valence-electron chi connectivity index (χ1n) is 13.9. The molecule has 1 saturated carbocycles. The predicted molar refractivity (Wildman–Crippen MR) is 153 cm³/mol. The number of nitrogens with one attached hydrogen (secondary N) is 1. The summed E-state index contributed by atoms with van der Waals surface area (Å²) in [4.78, 5) is 22.6. The number of carbonyl (C=O) groups is 1. The van der Waals surface area contributed by atoms with E-state index < -0.39 is 16.7 Å².